The number of nitrogens with one attached hydrogen (secondary N) is 2. The summed E-state index contributed by atoms with van der Waals surface area (Å²) in [6.45, 7) is 5.37. The minimum atomic E-state index is -0.840. The molecule has 2 aromatic carbocycles. The van der Waals surface area contributed by atoms with Crippen LogP contribution in [0.25, 0.3) is 0 Å². The fourth-order valence-corrected chi connectivity index (χ4v) is 2.81. The molecule has 0 saturated carbocycles. The molecule has 0 aromatic heterocycles. The van der Waals surface area contributed by atoms with Crippen molar-refractivity contribution in [3.8, 4) is 0 Å². The third-order valence-electron chi connectivity index (χ3n) is 4.17. The van der Waals surface area contributed by atoms with Gasteiger partial charge in [0.2, 0.25) is 0 Å². The Balaban J connectivity index is 2.34. The molecule has 28 heavy (non-hydrogen) atoms. The number of carbonyl (C=O) groups excluding carboxylic acids is 2. The molecule has 0 aliphatic carbocycles. The maximum absolute atomic E-state index is 12.9. The van der Waals surface area contributed by atoms with E-state index in [2.05, 4.69) is 15.8 Å². The number of hydrazone groups is 1. The summed E-state index contributed by atoms with van der Waals surface area (Å²) in [7, 11) is 0. The smallest absolute Gasteiger partial charge is 0.272 e. The van der Waals surface area contributed by atoms with Crippen LogP contribution in [-0.4, -0.2) is 22.5 Å². The van der Waals surface area contributed by atoms with E-state index >= 15 is 0 Å². The van der Waals surface area contributed by atoms with E-state index < -0.39 is 11.8 Å². The molecule has 0 aliphatic heterocycles. The zero-order valence-electron chi connectivity index (χ0n) is 15.7. The molecule has 8 heteroatoms. The molecule has 0 unspecified atom stereocenters. The Morgan fingerprint density at radius 3 is 2.21 bits per heavy atom. The van der Waals surface area contributed by atoms with E-state index in [9.17, 15) is 9.59 Å². The van der Waals surface area contributed by atoms with Gasteiger partial charge < -0.3 is 11.1 Å². The van der Waals surface area contributed by atoms with E-state index in [0.29, 0.717) is 16.3 Å². The summed E-state index contributed by atoms with van der Waals surface area (Å²) >= 11 is 10.6. The van der Waals surface area contributed by atoms with Crippen molar-refractivity contribution in [2.24, 2.45) is 16.8 Å². The molecule has 0 bridgehead atoms. The lowest BCUT2D eigenvalue weighted by Crippen LogP contribution is -2.36. The zero-order valence-corrected chi connectivity index (χ0v) is 17.3. The SMILES string of the molecule is Cc1cccc(C)c1NC(=O)/C(=N\NC(N)=S)[C@@H](C)C(=O)c1ccc(Cl)cc1. The van der Waals surface area contributed by atoms with Crippen molar-refractivity contribution >= 4 is 52.0 Å². The number of rotatable bonds is 6. The Morgan fingerprint density at radius 1 is 1.11 bits per heavy atom. The highest BCUT2D eigenvalue weighted by Crippen LogP contribution is 2.21. The van der Waals surface area contributed by atoms with Crippen LogP contribution in [0.1, 0.15) is 28.4 Å². The quantitative estimate of drug-likeness (QED) is 0.289. The first-order valence-electron chi connectivity index (χ1n) is 8.51. The predicted octanol–water partition coefficient (Wildman–Crippen LogP) is 3.60. The number of thiocarbonyl (C=S) groups is 1. The Bertz CT molecular complexity index is 921. The van der Waals surface area contributed by atoms with Crippen molar-refractivity contribution in [3.05, 3.63) is 64.2 Å². The van der Waals surface area contributed by atoms with Gasteiger partial charge in [0.25, 0.3) is 5.91 Å². The molecule has 0 fully saturated rings. The van der Waals surface area contributed by atoms with Gasteiger partial charge in [-0.2, -0.15) is 5.10 Å². The Hall–Kier alpha value is -2.77. The van der Waals surface area contributed by atoms with Gasteiger partial charge in [0.1, 0.15) is 5.71 Å². The number of aryl methyl sites for hydroxylation is 2. The lowest BCUT2D eigenvalue weighted by Gasteiger charge is -2.16. The highest BCUT2D eigenvalue weighted by Gasteiger charge is 2.27. The van der Waals surface area contributed by atoms with Gasteiger partial charge in [-0.25, -0.2) is 0 Å². The molecule has 146 valence electrons. The van der Waals surface area contributed by atoms with Crippen molar-refractivity contribution in [3.63, 3.8) is 0 Å². The second-order valence-corrected chi connectivity index (χ2v) is 7.16. The predicted molar refractivity (Wildman–Crippen MR) is 117 cm³/mol. The summed E-state index contributed by atoms with van der Waals surface area (Å²) in [4.78, 5) is 25.8. The summed E-state index contributed by atoms with van der Waals surface area (Å²) in [5, 5.41) is 7.22. The van der Waals surface area contributed by atoms with Crippen LogP contribution in [0.15, 0.2) is 47.6 Å². The fraction of sp³-hybridized carbons (Fsp3) is 0.200. The lowest BCUT2D eigenvalue weighted by atomic mass is 9.94. The standard InChI is InChI=1S/C20H21ClN4O2S/c1-11-5-4-6-12(2)16(11)23-19(27)17(24-25-20(22)28)13(3)18(26)14-7-9-15(21)10-8-14/h4-10,13H,1-3H3,(H,23,27)(H3,22,25,28)/b24-17-/t13-/m1/s1. The van der Waals surface area contributed by atoms with Gasteiger partial charge in [0, 0.05) is 16.3 Å². The first kappa shape index (κ1) is 21.5. The van der Waals surface area contributed by atoms with Crippen molar-refractivity contribution in [2.75, 3.05) is 5.32 Å². The topological polar surface area (TPSA) is 96.6 Å². The highest BCUT2D eigenvalue weighted by molar-refractivity contribution is 7.80. The summed E-state index contributed by atoms with van der Waals surface area (Å²) < 4.78 is 0. The molecule has 4 N–H and O–H groups in total. The number of nitrogens with zero attached hydrogens (tertiary/aromatic N) is 1. The van der Waals surface area contributed by atoms with Crippen LogP contribution in [0.3, 0.4) is 0 Å². The number of para-hydroxylation sites is 1. The summed E-state index contributed by atoms with van der Waals surface area (Å²) in [5.74, 6) is -1.64. The average Bonchev–Trinajstić information content (AvgIpc) is 2.64. The summed E-state index contributed by atoms with van der Waals surface area (Å²) in [6, 6.07) is 12.1. The molecule has 0 saturated heterocycles. The van der Waals surface area contributed by atoms with Gasteiger partial charge in [-0.15, -0.1) is 0 Å². The molecule has 0 spiro atoms. The number of amides is 1. The number of hydrogen-bond acceptors (Lipinski definition) is 4. The van der Waals surface area contributed by atoms with Crippen LogP contribution in [-0.2, 0) is 4.79 Å². The molecule has 0 heterocycles. The van der Waals surface area contributed by atoms with Gasteiger partial charge in [-0.1, -0.05) is 29.8 Å². The third-order valence-corrected chi connectivity index (χ3v) is 4.51. The van der Waals surface area contributed by atoms with E-state index in [0.717, 1.165) is 11.1 Å². The van der Waals surface area contributed by atoms with Gasteiger partial charge in [0.05, 0.1) is 5.92 Å². The molecular weight excluding hydrogens is 396 g/mol. The molecule has 2 rings (SSSR count). The lowest BCUT2D eigenvalue weighted by molar-refractivity contribution is -0.110. The molecule has 1 amide bonds. The Labute approximate surface area is 174 Å². The van der Waals surface area contributed by atoms with Gasteiger partial charge in [0.15, 0.2) is 10.9 Å². The highest BCUT2D eigenvalue weighted by atomic mass is 35.5. The van der Waals surface area contributed by atoms with Gasteiger partial charge in [-0.05, 0) is 68.4 Å². The van der Waals surface area contributed by atoms with Gasteiger partial charge >= 0.3 is 0 Å². The van der Waals surface area contributed by atoms with Gasteiger partial charge in [-0.3, -0.25) is 15.0 Å². The van der Waals surface area contributed by atoms with Crippen molar-refractivity contribution in [1.29, 1.82) is 0 Å². The first-order valence-corrected chi connectivity index (χ1v) is 9.29. The normalized spacial score (nSPS) is 12.2. The molecule has 6 nitrogen and oxygen atoms in total. The third kappa shape index (κ3) is 5.37. The van der Waals surface area contributed by atoms with Crippen LogP contribution >= 0.6 is 23.8 Å². The number of halogens is 1. The number of Topliss-reactive ketones (excluding diaryl/α,β-unsaturated/α-hetero) is 1. The minimum absolute atomic E-state index is 0.0320. The number of benzene rings is 2. The van der Waals surface area contributed by atoms with Crippen molar-refractivity contribution in [2.45, 2.75) is 20.8 Å². The number of ketones is 1. The van der Waals surface area contributed by atoms with Crippen LogP contribution < -0.4 is 16.5 Å². The zero-order chi connectivity index (χ0) is 20.8. The Kier molecular flexibility index (Phi) is 7.25. The van der Waals surface area contributed by atoms with Crippen LogP contribution in [0.5, 0.6) is 0 Å². The molecule has 0 aliphatic rings. The maximum atomic E-state index is 12.9. The number of carbonyl (C=O) groups is 2. The maximum Gasteiger partial charge on any atom is 0.272 e. The van der Waals surface area contributed by atoms with Crippen LogP contribution in [0.2, 0.25) is 5.02 Å². The van der Waals surface area contributed by atoms with Crippen LogP contribution in [0.4, 0.5) is 5.69 Å². The second kappa shape index (κ2) is 9.43. The van der Waals surface area contributed by atoms with Crippen molar-refractivity contribution < 1.29 is 9.59 Å². The average molecular weight is 417 g/mol. The van der Waals surface area contributed by atoms with E-state index in [4.69, 9.17) is 29.6 Å². The van der Waals surface area contributed by atoms with E-state index in [1.54, 1.807) is 31.2 Å². The number of nitrogens with two attached hydrogens (primary N) is 1. The second-order valence-electron chi connectivity index (χ2n) is 6.29. The number of anilines is 1. The Morgan fingerprint density at radius 2 is 1.68 bits per heavy atom. The molecular formula is C20H21ClN4O2S. The summed E-state index contributed by atoms with van der Waals surface area (Å²) in [6.07, 6.45) is 0. The first-order chi connectivity index (χ1) is 13.2. The number of hydrogen-bond donors (Lipinski definition) is 3. The molecule has 0 radical (unpaired) electrons. The fourth-order valence-electron chi connectivity index (χ4n) is 2.64. The van der Waals surface area contributed by atoms with E-state index in [1.807, 2.05) is 32.0 Å². The molecule has 1 atom stereocenters. The summed E-state index contributed by atoms with van der Waals surface area (Å²) in [5.41, 5.74) is 10.7. The van der Waals surface area contributed by atoms with Crippen LogP contribution in [0, 0.1) is 19.8 Å². The largest absolute Gasteiger partial charge is 0.375 e. The van der Waals surface area contributed by atoms with E-state index in [-0.39, 0.29) is 16.6 Å². The van der Waals surface area contributed by atoms with Crippen molar-refractivity contribution in [1.82, 2.24) is 5.43 Å². The monoisotopic (exact) mass is 416 g/mol. The minimum Gasteiger partial charge on any atom is -0.375 e. The van der Waals surface area contributed by atoms with E-state index in [1.165, 1.54) is 0 Å². The molecule has 2 aromatic rings.